The number of pyridine rings is 1. The van der Waals surface area contributed by atoms with Crippen LogP contribution in [0.2, 0.25) is 0 Å². The maximum atomic E-state index is 12.2. The predicted octanol–water partition coefficient (Wildman–Crippen LogP) is 3.98. The van der Waals surface area contributed by atoms with Crippen molar-refractivity contribution >= 4 is 10.9 Å². The topological polar surface area (TPSA) is 71.5 Å². The molecule has 0 amide bonds. The largest absolute Gasteiger partial charge is 0.508 e. The molecule has 0 aliphatic carbocycles. The van der Waals surface area contributed by atoms with Crippen LogP contribution in [0.5, 0.6) is 17.2 Å². The Kier molecular flexibility index (Phi) is 6.32. The van der Waals surface area contributed by atoms with E-state index in [0.29, 0.717) is 23.3 Å². The van der Waals surface area contributed by atoms with Gasteiger partial charge in [0.05, 0.1) is 19.2 Å². The zero-order chi connectivity index (χ0) is 16.7. The third-order valence-corrected chi connectivity index (χ3v) is 3.86. The van der Waals surface area contributed by atoms with Crippen LogP contribution in [-0.2, 0) is 0 Å². The summed E-state index contributed by atoms with van der Waals surface area (Å²) in [5, 5.41) is 10.2. The predicted molar refractivity (Wildman–Crippen MR) is 91.7 cm³/mol. The van der Waals surface area contributed by atoms with Gasteiger partial charge in [-0.1, -0.05) is 39.0 Å². The first kappa shape index (κ1) is 17.2. The molecule has 23 heavy (non-hydrogen) atoms. The Balaban J connectivity index is 2.06. The fraction of sp³-hybridized carbons (Fsp3) is 0.500. The second kappa shape index (κ2) is 8.46. The first-order valence-corrected chi connectivity index (χ1v) is 8.23. The first-order chi connectivity index (χ1) is 11.2. The Hall–Kier alpha value is -2.17. The molecule has 0 radical (unpaired) electrons. The summed E-state index contributed by atoms with van der Waals surface area (Å²) in [6.07, 6.45) is 6.96. The number of benzene rings is 1. The normalized spacial score (nSPS) is 10.9. The van der Waals surface area contributed by atoms with Gasteiger partial charge in [0.2, 0.25) is 5.75 Å². The number of unbranched alkanes of at least 4 members (excludes halogenated alkanes) is 5. The lowest BCUT2D eigenvalue weighted by molar-refractivity contribution is 0.282. The molecular weight excluding hydrogens is 294 g/mol. The second-order valence-electron chi connectivity index (χ2n) is 5.66. The van der Waals surface area contributed by atoms with Crippen LogP contribution in [0.3, 0.4) is 0 Å². The van der Waals surface area contributed by atoms with Crippen molar-refractivity contribution < 1.29 is 14.6 Å². The quantitative estimate of drug-likeness (QED) is 0.686. The molecule has 0 atom stereocenters. The number of hydrogen-bond donors (Lipinski definition) is 2. The molecule has 0 aliphatic heterocycles. The van der Waals surface area contributed by atoms with E-state index in [1.54, 1.807) is 12.1 Å². The molecule has 5 heteroatoms. The first-order valence-electron chi connectivity index (χ1n) is 8.23. The summed E-state index contributed by atoms with van der Waals surface area (Å²) in [6, 6.07) is 4.76. The van der Waals surface area contributed by atoms with Crippen LogP contribution >= 0.6 is 0 Å². The highest BCUT2D eigenvalue weighted by atomic mass is 16.5. The summed E-state index contributed by atoms with van der Waals surface area (Å²) in [7, 11) is 1.51. The number of ether oxygens (including phenoxy) is 2. The number of fused-ring (bicyclic) bond motifs is 1. The SMILES string of the molecule is CCCCCCCCOc1c(OC)c2ccc(O)cc2[nH]c1=O. The second-order valence-corrected chi connectivity index (χ2v) is 5.66. The molecule has 1 aromatic heterocycles. The third-order valence-electron chi connectivity index (χ3n) is 3.86. The van der Waals surface area contributed by atoms with Crippen molar-refractivity contribution in [1.29, 1.82) is 0 Å². The van der Waals surface area contributed by atoms with Gasteiger partial charge in [-0.2, -0.15) is 0 Å². The van der Waals surface area contributed by atoms with Gasteiger partial charge in [0, 0.05) is 11.5 Å². The van der Waals surface area contributed by atoms with Crippen molar-refractivity contribution in [2.24, 2.45) is 0 Å². The number of aromatic nitrogens is 1. The highest BCUT2D eigenvalue weighted by molar-refractivity contribution is 5.88. The Morgan fingerprint density at radius 1 is 1.09 bits per heavy atom. The number of phenols is 1. The zero-order valence-corrected chi connectivity index (χ0v) is 13.9. The van der Waals surface area contributed by atoms with E-state index in [-0.39, 0.29) is 17.1 Å². The Morgan fingerprint density at radius 3 is 2.57 bits per heavy atom. The van der Waals surface area contributed by atoms with E-state index < -0.39 is 0 Å². The molecular formula is C18H25NO4. The van der Waals surface area contributed by atoms with Gasteiger partial charge in [-0.15, -0.1) is 0 Å². The van der Waals surface area contributed by atoms with E-state index in [2.05, 4.69) is 11.9 Å². The highest BCUT2D eigenvalue weighted by Gasteiger charge is 2.15. The van der Waals surface area contributed by atoms with E-state index in [0.717, 1.165) is 12.8 Å². The van der Waals surface area contributed by atoms with Gasteiger partial charge in [0.1, 0.15) is 5.75 Å². The van der Waals surface area contributed by atoms with Crippen LogP contribution in [0.25, 0.3) is 10.9 Å². The number of hydrogen-bond acceptors (Lipinski definition) is 4. The van der Waals surface area contributed by atoms with E-state index >= 15 is 0 Å². The van der Waals surface area contributed by atoms with E-state index in [1.807, 2.05) is 0 Å². The number of H-pyrrole nitrogens is 1. The maximum absolute atomic E-state index is 12.2. The molecule has 0 bridgehead atoms. The molecule has 0 fully saturated rings. The fourth-order valence-electron chi connectivity index (χ4n) is 2.63. The Labute approximate surface area is 136 Å². The van der Waals surface area contributed by atoms with Crippen LogP contribution in [0.1, 0.15) is 45.4 Å². The van der Waals surface area contributed by atoms with Crippen LogP contribution < -0.4 is 15.0 Å². The number of aromatic hydroxyl groups is 1. The van der Waals surface area contributed by atoms with Crippen molar-refractivity contribution in [1.82, 2.24) is 4.98 Å². The van der Waals surface area contributed by atoms with Gasteiger partial charge in [-0.3, -0.25) is 4.79 Å². The van der Waals surface area contributed by atoms with Crippen LogP contribution in [0, 0.1) is 0 Å². The molecule has 2 aromatic rings. The fourth-order valence-corrected chi connectivity index (χ4v) is 2.63. The van der Waals surface area contributed by atoms with Gasteiger partial charge in [0.25, 0.3) is 5.56 Å². The number of phenolic OH excluding ortho intramolecular Hbond substituents is 1. The minimum Gasteiger partial charge on any atom is -0.508 e. The van der Waals surface area contributed by atoms with Gasteiger partial charge in [-0.25, -0.2) is 0 Å². The summed E-state index contributed by atoms with van der Waals surface area (Å²) in [4.78, 5) is 14.9. The standard InChI is InChI=1S/C18H25NO4/c1-3-4-5-6-7-8-11-23-17-16(22-2)14-10-9-13(20)12-15(14)19-18(17)21/h9-10,12,20H,3-8,11H2,1-2H3,(H,19,21). The molecule has 0 unspecified atom stereocenters. The minimum atomic E-state index is -0.342. The molecule has 0 saturated heterocycles. The van der Waals surface area contributed by atoms with Crippen molar-refractivity contribution in [2.45, 2.75) is 45.4 Å². The van der Waals surface area contributed by atoms with E-state index in [4.69, 9.17) is 9.47 Å². The summed E-state index contributed by atoms with van der Waals surface area (Å²) in [6.45, 7) is 2.69. The molecule has 1 aromatic carbocycles. The number of aromatic amines is 1. The summed E-state index contributed by atoms with van der Waals surface area (Å²) in [5.74, 6) is 0.713. The van der Waals surface area contributed by atoms with Crippen molar-refractivity contribution in [2.75, 3.05) is 13.7 Å². The van der Waals surface area contributed by atoms with Crippen LogP contribution in [0.4, 0.5) is 0 Å². The third kappa shape index (κ3) is 4.41. The highest BCUT2D eigenvalue weighted by Crippen LogP contribution is 2.32. The van der Waals surface area contributed by atoms with Gasteiger partial charge in [0.15, 0.2) is 5.75 Å². The van der Waals surface area contributed by atoms with Crippen molar-refractivity contribution in [3.8, 4) is 17.2 Å². The molecule has 0 aliphatic rings. The molecule has 0 spiro atoms. The summed E-state index contributed by atoms with van der Waals surface area (Å²) < 4.78 is 11.0. The average molecular weight is 319 g/mol. The smallest absolute Gasteiger partial charge is 0.294 e. The Morgan fingerprint density at radius 2 is 1.83 bits per heavy atom. The van der Waals surface area contributed by atoms with Gasteiger partial charge in [-0.05, 0) is 18.6 Å². The lowest BCUT2D eigenvalue weighted by Crippen LogP contribution is -2.13. The van der Waals surface area contributed by atoms with E-state index in [1.165, 1.54) is 38.9 Å². The minimum absolute atomic E-state index is 0.0935. The summed E-state index contributed by atoms with van der Waals surface area (Å²) >= 11 is 0. The number of methoxy groups -OCH3 is 1. The van der Waals surface area contributed by atoms with Crippen molar-refractivity contribution in [3.05, 3.63) is 28.6 Å². The van der Waals surface area contributed by atoms with Crippen LogP contribution in [-0.4, -0.2) is 23.8 Å². The number of nitrogens with one attached hydrogen (secondary N) is 1. The van der Waals surface area contributed by atoms with E-state index in [9.17, 15) is 9.90 Å². The molecule has 1 heterocycles. The zero-order valence-electron chi connectivity index (χ0n) is 13.9. The lowest BCUT2D eigenvalue weighted by Gasteiger charge is -2.12. The average Bonchev–Trinajstić information content (AvgIpc) is 2.54. The lowest BCUT2D eigenvalue weighted by atomic mass is 10.1. The van der Waals surface area contributed by atoms with Crippen molar-refractivity contribution in [3.63, 3.8) is 0 Å². The molecule has 2 rings (SSSR count). The van der Waals surface area contributed by atoms with Gasteiger partial charge < -0.3 is 19.6 Å². The van der Waals surface area contributed by atoms with Crippen LogP contribution in [0.15, 0.2) is 23.0 Å². The molecule has 2 N–H and O–H groups in total. The molecule has 126 valence electrons. The number of rotatable bonds is 9. The maximum Gasteiger partial charge on any atom is 0.294 e. The Bertz CT molecular complexity index is 693. The van der Waals surface area contributed by atoms with Gasteiger partial charge >= 0.3 is 0 Å². The monoisotopic (exact) mass is 319 g/mol. The summed E-state index contributed by atoms with van der Waals surface area (Å²) in [5.41, 5.74) is 0.185. The molecule has 0 saturated carbocycles. The molecule has 5 nitrogen and oxygen atoms in total.